The number of allylic oxidation sites excluding steroid dienone is 1. The maximum Gasteiger partial charge on any atom is 0.271 e. The van der Waals surface area contributed by atoms with Crippen molar-refractivity contribution in [3.63, 3.8) is 0 Å². The second-order valence-corrected chi connectivity index (χ2v) is 12.9. The Labute approximate surface area is 295 Å². The lowest BCUT2D eigenvalue weighted by Crippen LogP contribution is -2.40. The molecule has 0 bridgehead atoms. The summed E-state index contributed by atoms with van der Waals surface area (Å²) >= 11 is 4.85. The molecule has 49 heavy (non-hydrogen) atoms. The van der Waals surface area contributed by atoms with E-state index in [2.05, 4.69) is 27.3 Å². The van der Waals surface area contributed by atoms with E-state index in [0.29, 0.717) is 65.7 Å². The quantitative estimate of drug-likeness (QED) is 0.175. The van der Waals surface area contributed by atoms with Gasteiger partial charge in [-0.3, -0.25) is 14.2 Å². The second kappa shape index (κ2) is 14.8. The fourth-order valence-corrected chi connectivity index (χ4v) is 7.20. The molecule has 0 saturated heterocycles. The van der Waals surface area contributed by atoms with Gasteiger partial charge in [-0.25, -0.2) is 4.99 Å². The molecule has 6 rings (SSSR count). The van der Waals surface area contributed by atoms with Gasteiger partial charge in [-0.1, -0.05) is 59.9 Å². The number of hydrogen-bond acceptors (Lipinski definition) is 8. The molecule has 4 aromatic carbocycles. The highest BCUT2D eigenvalue weighted by Crippen LogP contribution is 2.38. The fraction of sp³-hybridized carbons (Fsp3) is 0.158. The Morgan fingerprint density at radius 3 is 2.51 bits per heavy atom. The molecule has 9 nitrogen and oxygen atoms in total. The fourth-order valence-electron chi connectivity index (χ4n) is 5.58. The summed E-state index contributed by atoms with van der Waals surface area (Å²) in [6, 6.07) is 28.9. The zero-order valence-electron chi connectivity index (χ0n) is 26.9. The van der Waals surface area contributed by atoms with Gasteiger partial charge in [0.15, 0.2) is 16.3 Å². The van der Waals surface area contributed by atoms with E-state index < -0.39 is 6.04 Å². The van der Waals surface area contributed by atoms with Gasteiger partial charge in [-0.2, -0.15) is 5.26 Å². The molecule has 11 heteroatoms. The average Bonchev–Trinajstić information content (AvgIpc) is 3.41. The predicted octanol–water partition coefficient (Wildman–Crippen LogP) is 6.49. The molecular weight excluding hydrogens is 704 g/mol. The van der Waals surface area contributed by atoms with Crippen molar-refractivity contribution in [3.05, 3.63) is 149 Å². The third kappa shape index (κ3) is 7.06. The number of ether oxygens (including phenoxy) is 3. The van der Waals surface area contributed by atoms with Gasteiger partial charge in [0.25, 0.3) is 11.5 Å². The zero-order valence-corrected chi connectivity index (χ0v) is 29.3. The number of amides is 1. The number of para-hydroxylation sites is 1. The maximum absolute atomic E-state index is 14.2. The highest BCUT2D eigenvalue weighted by atomic mass is 79.9. The van der Waals surface area contributed by atoms with Crippen molar-refractivity contribution in [1.82, 2.24) is 4.57 Å². The summed E-state index contributed by atoms with van der Waals surface area (Å²) in [6.07, 6.45) is 1.77. The van der Waals surface area contributed by atoms with E-state index in [1.54, 1.807) is 35.8 Å². The molecule has 2 heterocycles. The number of benzene rings is 4. The molecule has 0 fully saturated rings. The zero-order chi connectivity index (χ0) is 34.5. The lowest BCUT2D eigenvalue weighted by Gasteiger charge is -2.25. The number of thiazole rings is 1. The van der Waals surface area contributed by atoms with Crippen molar-refractivity contribution in [2.75, 3.05) is 19.0 Å². The summed E-state index contributed by atoms with van der Waals surface area (Å²) in [5, 5.41) is 12.4. The number of carbonyl (C=O) groups is 1. The van der Waals surface area contributed by atoms with Crippen LogP contribution in [0.15, 0.2) is 117 Å². The minimum Gasteiger partial charge on any atom is -0.494 e. The maximum atomic E-state index is 14.2. The van der Waals surface area contributed by atoms with Crippen molar-refractivity contribution in [3.8, 4) is 23.3 Å². The van der Waals surface area contributed by atoms with Crippen LogP contribution in [0.3, 0.4) is 0 Å². The smallest absolute Gasteiger partial charge is 0.271 e. The van der Waals surface area contributed by atoms with Gasteiger partial charge in [0.2, 0.25) is 0 Å². The summed E-state index contributed by atoms with van der Waals surface area (Å²) in [6.45, 7) is 4.38. The van der Waals surface area contributed by atoms with Crippen molar-refractivity contribution in [1.29, 1.82) is 5.26 Å². The summed E-state index contributed by atoms with van der Waals surface area (Å²) in [4.78, 5) is 33.3. The van der Waals surface area contributed by atoms with Gasteiger partial charge in [0.1, 0.15) is 12.4 Å². The number of nitriles is 1. The minimum absolute atomic E-state index is 0.168. The van der Waals surface area contributed by atoms with Gasteiger partial charge < -0.3 is 19.5 Å². The molecule has 1 aliphatic heterocycles. The first-order chi connectivity index (χ1) is 23.8. The number of nitrogens with zero attached hydrogens (tertiary/aromatic N) is 3. The molecule has 1 N–H and O–H groups in total. The first-order valence-corrected chi connectivity index (χ1v) is 17.0. The molecular formula is C38H31BrN4O5S. The highest BCUT2D eigenvalue weighted by Gasteiger charge is 2.32. The van der Waals surface area contributed by atoms with Crippen LogP contribution in [0.4, 0.5) is 5.69 Å². The molecule has 0 unspecified atom stereocenters. The molecule has 0 aliphatic carbocycles. The van der Waals surface area contributed by atoms with E-state index in [0.717, 1.165) is 11.1 Å². The molecule has 1 atom stereocenters. The topological polar surface area (TPSA) is 115 Å². The summed E-state index contributed by atoms with van der Waals surface area (Å²) in [5.41, 5.74) is 3.95. The Morgan fingerprint density at radius 2 is 1.80 bits per heavy atom. The van der Waals surface area contributed by atoms with Crippen LogP contribution in [0.2, 0.25) is 0 Å². The van der Waals surface area contributed by atoms with Crippen LogP contribution in [0, 0.1) is 11.3 Å². The number of anilines is 1. The van der Waals surface area contributed by atoms with E-state index in [1.807, 2.05) is 79.7 Å². The number of hydrogen-bond donors (Lipinski definition) is 1. The number of aromatic nitrogens is 1. The highest BCUT2D eigenvalue weighted by molar-refractivity contribution is 9.10. The molecule has 0 radical (unpaired) electrons. The monoisotopic (exact) mass is 734 g/mol. The van der Waals surface area contributed by atoms with Crippen molar-refractivity contribution in [2.24, 2.45) is 4.99 Å². The molecule has 0 saturated carbocycles. The standard InChI is InChI=1S/C38H31BrN4O5S/c1-4-47-29-16-14-25(15-17-29)34-33(36(44)42-28-12-6-5-7-13-28)23(2)41-38-43(34)37(45)32(49-38)20-24-18-30(39)35(31(19-24)46-3)48-22-27-11-9-8-10-26(27)21-40/h5-20,34H,4,22H2,1-3H3,(H,42,44)/b32-20-/t34-/m0/s1. The van der Waals surface area contributed by atoms with Gasteiger partial charge in [-0.05, 0) is 89.4 Å². The van der Waals surface area contributed by atoms with Gasteiger partial charge >= 0.3 is 0 Å². The molecule has 1 amide bonds. The molecule has 0 spiro atoms. The van der Waals surface area contributed by atoms with Crippen LogP contribution in [-0.2, 0) is 11.4 Å². The normalized spacial score (nSPS) is 14.0. The van der Waals surface area contributed by atoms with E-state index in [4.69, 9.17) is 19.2 Å². The number of methoxy groups -OCH3 is 1. The van der Waals surface area contributed by atoms with Gasteiger partial charge in [0, 0.05) is 11.3 Å². The lowest BCUT2D eigenvalue weighted by molar-refractivity contribution is -0.113. The number of halogens is 1. The number of fused-ring (bicyclic) bond motifs is 1. The third-order valence-corrected chi connectivity index (χ3v) is 9.44. The van der Waals surface area contributed by atoms with Crippen molar-refractivity contribution < 1.29 is 19.0 Å². The molecule has 5 aromatic rings. The first-order valence-electron chi connectivity index (χ1n) is 15.4. The summed E-state index contributed by atoms with van der Waals surface area (Å²) in [5.74, 6) is 1.26. The number of carbonyl (C=O) groups excluding carboxylic acids is 1. The molecule has 1 aromatic heterocycles. The van der Waals surface area contributed by atoms with Crippen molar-refractivity contribution >= 4 is 44.9 Å². The predicted molar refractivity (Wildman–Crippen MR) is 193 cm³/mol. The van der Waals surface area contributed by atoms with Gasteiger partial charge in [0.05, 0.1) is 51.7 Å². The third-order valence-electron chi connectivity index (χ3n) is 7.86. The van der Waals surface area contributed by atoms with E-state index in [9.17, 15) is 14.9 Å². The Bertz CT molecular complexity index is 2290. The van der Waals surface area contributed by atoms with E-state index in [-0.39, 0.29) is 18.1 Å². The lowest BCUT2D eigenvalue weighted by atomic mass is 9.95. The van der Waals surface area contributed by atoms with Crippen LogP contribution in [0.5, 0.6) is 17.2 Å². The van der Waals surface area contributed by atoms with Crippen LogP contribution in [0.1, 0.15) is 42.1 Å². The number of nitrogens with one attached hydrogen (secondary N) is 1. The van der Waals surface area contributed by atoms with Crippen LogP contribution < -0.4 is 34.4 Å². The van der Waals surface area contributed by atoms with E-state index in [1.165, 1.54) is 18.4 Å². The van der Waals surface area contributed by atoms with E-state index >= 15 is 0 Å². The summed E-state index contributed by atoms with van der Waals surface area (Å²) in [7, 11) is 1.54. The second-order valence-electron chi connectivity index (χ2n) is 11.0. The summed E-state index contributed by atoms with van der Waals surface area (Å²) < 4.78 is 20.0. The Hall–Kier alpha value is -5.44. The molecule has 1 aliphatic rings. The van der Waals surface area contributed by atoms with Crippen LogP contribution in [0.25, 0.3) is 6.08 Å². The Balaban J connectivity index is 1.40. The van der Waals surface area contributed by atoms with Crippen LogP contribution in [-0.4, -0.2) is 24.2 Å². The van der Waals surface area contributed by atoms with Crippen LogP contribution >= 0.6 is 27.3 Å². The van der Waals surface area contributed by atoms with Gasteiger partial charge in [-0.15, -0.1) is 0 Å². The minimum atomic E-state index is -0.730. The SMILES string of the molecule is CCOc1ccc([C@H]2C(C(=O)Nc3ccccc3)=C(C)N=c3s/c(=C\c4cc(Br)c(OCc5ccccc5C#N)c(OC)c4)c(=O)n32)cc1. The van der Waals surface area contributed by atoms with Crippen molar-refractivity contribution in [2.45, 2.75) is 26.5 Å². The Morgan fingerprint density at radius 1 is 1.06 bits per heavy atom. The Kier molecular flexibility index (Phi) is 10.1. The molecule has 246 valence electrons. The number of rotatable bonds is 10. The largest absolute Gasteiger partial charge is 0.494 e. The first kappa shape index (κ1) is 33.5. The average molecular weight is 736 g/mol.